The SMILES string of the molecule is Cc1nnc(-c2ccc(-n3nc(Br)c4cnc(N[C@@H]5CC[C@](C(=O)N6CCNCC6)(C(C)C)C5)nc43)cc2CCC(N)=O)s1. The van der Waals surface area contributed by atoms with Gasteiger partial charge in [-0.15, -0.1) is 10.2 Å². The summed E-state index contributed by atoms with van der Waals surface area (Å²) in [5.74, 6) is 0.637. The van der Waals surface area contributed by atoms with Gasteiger partial charge in [0.05, 0.1) is 16.5 Å². The van der Waals surface area contributed by atoms with E-state index in [-0.39, 0.29) is 30.2 Å². The second kappa shape index (κ2) is 12.5. The van der Waals surface area contributed by atoms with Crippen molar-refractivity contribution in [2.24, 2.45) is 17.1 Å². The molecule has 44 heavy (non-hydrogen) atoms. The van der Waals surface area contributed by atoms with E-state index in [1.807, 2.05) is 30.0 Å². The molecule has 12 nitrogen and oxygen atoms in total. The number of nitrogens with one attached hydrogen (secondary N) is 2. The number of halogens is 1. The summed E-state index contributed by atoms with van der Waals surface area (Å²) in [5, 5.41) is 22.5. The summed E-state index contributed by atoms with van der Waals surface area (Å²) >= 11 is 5.08. The van der Waals surface area contributed by atoms with Gasteiger partial charge in [-0.1, -0.05) is 25.2 Å². The third kappa shape index (κ3) is 5.94. The van der Waals surface area contributed by atoms with Crippen LogP contribution in [-0.4, -0.2) is 78.9 Å². The van der Waals surface area contributed by atoms with Crippen molar-refractivity contribution >= 4 is 56.1 Å². The maximum Gasteiger partial charge on any atom is 0.229 e. The first-order valence-corrected chi connectivity index (χ1v) is 16.7. The van der Waals surface area contributed by atoms with Gasteiger partial charge in [-0.2, -0.15) is 10.1 Å². The lowest BCUT2D eigenvalue weighted by Crippen LogP contribution is -2.53. The molecule has 2 amide bonds. The number of aryl methyl sites for hydroxylation is 2. The first kappa shape index (κ1) is 30.5. The number of primary amides is 1. The van der Waals surface area contributed by atoms with Crippen LogP contribution in [0.2, 0.25) is 0 Å². The molecule has 2 aliphatic rings. The molecular weight excluding hydrogens is 644 g/mol. The lowest BCUT2D eigenvalue weighted by molar-refractivity contribution is -0.145. The van der Waals surface area contributed by atoms with Crippen LogP contribution in [0.4, 0.5) is 5.95 Å². The molecular formula is C30H37BrN10O2S. The van der Waals surface area contributed by atoms with Gasteiger partial charge < -0.3 is 21.3 Å². The molecule has 6 rings (SSSR count). The predicted molar refractivity (Wildman–Crippen MR) is 173 cm³/mol. The highest BCUT2D eigenvalue weighted by Crippen LogP contribution is 2.46. The molecule has 0 bridgehead atoms. The van der Waals surface area contributed by atoms with Crippen molar-refractivity contribution in [3.8, 4) is 16.3 Å². The smallest absolute Gasteiger partial charge is 0.229 e. The van der Waals surface area contributed by atoms with Crippen LogP contribution in [0.3, 0.4) is 0 Å². The van der Waals surface area contributed by atoms with Crippen molar-refractivity contribution in [1.82, 2.24) is 40.2 Å². The maximum atomic E-state index is 13.8. The van der Waals surface area contributed by atoms with E-state index in [1.54, 1.807) is 10.9 Å². The van der Waals surface area contributed by atoms with Crippen LogP contribution in [-0.2, 0) is 16.0 Å². The van der Waals surface area contributed by atoms with Gasteiger partial charge in [0.2, 0.25) is 17.8 Å². The molecule has 1 aliphatic carbocycles. The first-order chi connectivity index (χ1) is 21.1. The van der Waals surface area contributed by atoms with E-state index in [0.717, 1.165) is 77.7 Å². The molecule has 0 unspecified atom stereocenters. The Morgan fingerprint density at radius 2 is 2.05 bits per heavy atom. The van der Waals surface area contributed by atoms with Gasteiger partial charge in [0.15, 0.2) is 5.65 Å². The Balaban J connectivity index is 1.28. The first-order valence-electron chi connectivity index (χ1n) is 15.0. The Bertz CT molecular complexity index is 1700. The number of amides is 2. The number of hydrogen-bond donors (Lipinski definition) is 3. The van der Waals surface area contributed by atoms with Gasteiger partial charge in [-0.3, -0.25) is 9.59 Å². The molecule has 14 heteroatoms. The Hall–Kier alpha value is -3.49. The number of carbonyl (C=O) groups is 2. The number of nitrogens with two attached hydrogens (primary N) is 1. The summed E-state index contributed by atoms with van der Waals surface area (Å²) in [6.07, 6.45) is 4.89. The lowest BCUT2D eigenvalue weighted by Gasteiger charge is -2.39. The molecule has 1 aromatic carbocycles. The average Bonchev–Trinajstić information content (AvgIpc) is 3.73. The van der Waals surface area contributed by atoms with Gasteiger partial charge in [0, 0.05) is 50.4 Å². The summed E-state index contributed by atoms with van der Waals surface area (Å²) < 4.78 is 2.40. The fourth-order valence-electron chi connectivity index (χ4n) is 6.44. The quantitative estimate of drug-likeness (QED) is 0.239. The third-order valence-electron chi connectivity index (χ3n) is 8.93. The molecule has 1 saturated heterocycles. The van der Waals surface area contributed by atoms with Crippen LogP contribution in [0.1, 0.15) is 50.1 Å². The number of nitrogens with zero attached hydrogens (tertiary/aromatic N) is 7. The molecule has 4 aromatic rings. The van der Waals surface area contributed by atoms with E-state index in [2.05, 4.69) is 55.6 Å². The Labute approximate surface area is 268 Å². The molecule has 0 spiro atoms. The number of piperazine rings is 1. The summed E-state index contributed by atoms with van der Waals surface area (Å²) in [6, 6.07) is 6.02. The molecule has 1 aliphatic heterocycles. The van der Waals surface area contributed by atoms with Crippen molar-refractivity contribution in [3.05, 3.63) is 39.6 Å². The van der Waals surface area contributed by atoms with Crippen LogP contribution >= 0.6 is 27.3 Å². The summed E-state index contributed by atoms with van der Waals surface area (Å²) in [6.45, 7) is 9.44. The Morgan fingerprint density at radius 3 is 2.75 bits per heavy atom. The van der Waals surface area contributed by atoms with Crippen LogP contribution in [0.15, 0.2) is 29.0 Å². The summed E-state index contributed by atoms with van der Waals surface area (Å²) in [4.78, 5) is 37.0. The highest BCUT2D eigenvalue weighted by atomic mass is 79.9. The number of rotatable bonds is 9. The molecule has 232 valence electrons. The van der Waals surface area contributed by atoms with Crippen LogP contribution < -0.4 is 16.4 Å². The zero-order chi connectivity index (χ0) is 31.0. The summed E-state index contributed by atoms with van der Waals surface area (Å²) in [7, 11) is 0. The van der Waals surface area contributed by atoms with Gasteiger partial charge in [0.1, 0.15) is 14.6 Å². The maximum absolute atomic E-state index is 13.8. The van der Waals surface area contributed by atoms with Crippen molar-refractivity contribution in [2.45, 2.75) is 58.9 Å². The fraction of sp³-hybridized carbons (Fsp3) is 0.500. The second-order valence-corrected chi connectivity index (χ2v) is 13.9. The van der Waals surface area contributed by atoms with Crippen molar-refractivity contribution in [3.63, 3.8) is 0 Å². The molecule has 2 fully saturated rings. The van der Waals surface area contributed by atoms with Crippen molar-refractivity contribution in [2.75, 3.05) is 31.5 Å². The normalized spacial score (nSPS) is 20.5. The van der Waals surface area contributed by atoms with E-state index in [9.17, 15) is 9.59 Å². The minimum Gasteiger partial charge on any atom is -0.370 e. The number of anilines is 1. The predicted octanol–water partition coefficient (Wildman–Crippen LogP) is 3.86. The third-order valence-corrected chi connectivity index (χ3v) is 10.4. The summed E-state index contributed by atoms with van der Waals surface area (Å²) in [5.41, 5.74) is 8.37. The molecule has 2 atom stereocenters. The molecule has 3 aromatic heterocycles. The number of fused-ring (bicyclic) bond motifs is 1. The van der Waals surface area contributed by atoms with Gasteiger partial charge in [0.25, 0.3) is 0 Å². The average molecular weight is 682 g/mol. The van der Waals surface area contributed by atoms with E-state index in [4.69, 9.17) is 15.8 Å². The number of hydrogen-bond acceptors (Lipinski definition) is 10. The fourth-order valence-corrected chi connectivity index (χ4v) is 7.63. The van der Waals surface area contributed by atoms with Crippen molar-refractivity contribution < 1.29 is 9.59 Å². The van der Waals surface area contributed by atoms with Crippen LogP contribution in [0, 0.1) is 18.3 Å². The molecule has 4 N–H and O–H groups in total. The molecule has 4 heterocycles. The molecule has 0 radical (unpaired) electrons. The van der Waals surface area contributed by atoms with Gasteiger partial charge >= 0.3 is 0 Å². The van der Waals surface area contributed by atoms with E-state index in [1.165, 1.54) is 11.3 Å². The largest absolute Gasteiger partial charge is 0.370 e. The number of aromatic nitrogens is 6. The number of carbonyl (C=O) groups excluding carboxylic acids is 2. The number of benzene rings is 1. The van der Waals surface area contributed by atoms with E-state index in [0.29, 0.717) is 22.6 Å². The topological polar surface area (TPSA) is 157 Å². The minimum atomic E-state index is -0.390. The van der Waals surface area contributed by atoms with Crippen LogP contribution in [0.25, 0.3) is 27.3 Å². The van der Waals surface area contributed by atoms with Gasteiger partial charge in [-0.25, -0.2) is 9.67 Å². The zero-order valence-electron chi connectivity index (χ0n) is 25.1. The van der Waals surface area contributed by atoms with Gasteiger partial charge in [-0.05, 0) is 78.2 Å². The van der Waals surface area contributed by atoms with Crippen LogP contribution in [0.5, 0.6) is 0 Å². The minimum absolute atomic E-state index is 0.0802. The van der Waals surface area contributed by atoms with E-state index < -0.39 is 5.41 Å². The Kier molecular flexibility index (Phi) is 8.66. The van der Waals surface area contributed by atoms with E-state index >= 15 is 0 Å². The second-order valence-electron chi connectivity index (χ2n) is 12.0. The lowest BCUT2D eigenvalue weighted by atomic mass is 9.74. The Morgan fingerprint density at radius 1 is 1.25 bits per heavy atom. The molecule has 1 saturated carbocycles. The highest BCUT2D eigenvalue weighted by Gasteiger charge is 2.49. The van der Waals surface area contributed by atoms with Crippen molar-refractivity contribution in [1.29, 1.82) is 0 Å². The standard InChI is InChI=1S/C30H37BrN10O2S/c1-17(2)30(28(43)40-12-10-33-11-13-40)9-8-20(15-30)35-29-34-16-23-25(31)39-41(26(23)36-29)21-5-6-22(27-38-37-18(3)44-27)19(14-21)4-7-24(32)42/h5-6,14,16-17,20,33H,4,7-13,15H2,1-3H3,(H2,32,42)(H,34,35,36)/t20-,30-/m1/s1. The monoisotopic (exact) mass is 680 g/mol. The highest BCUT2D eigenvalue weighted by molar-refractivity contribution is 9.10. The zero-order valence-corrected chi connectivity index (χ0v) is 27.5.